The molecule has 2 aromatic carbocycles. The number of aryl methyl sites for hydroxylation is 1. The van der Waals surface area contributed by atoms with Crippen molar-refractivity contribution in [3.63, 3.8) is 0 Å². The zero-order valence-corrected chi connectivity index (χ0v) is 19.0. The highest BCUT2D eigenvalue weighted by Crippen LogP contribution is 2.34. The second-order valence-corrected chi connectivity index (χ2v) is 8.46. The first-order valence-corrected chi connectivity index (χ1v) is 11.0. The molecule has 168 valence electrons. The van der Waals surface area contributed by atoms with Crippen molar-refractivity contribution >= 4 is 51.2 Å². The second kappa shape index (κ2) is 9.43. The summed E-state index contributed by atoms with van der Waals surface area (Å²) in [6.45, 7) is 1.15. The number of nitrogens with zero attached hydrogens (tertiary/aromatic N) is 2. The van der Waals surface area contributed by atoms with Gasteiger partial charge < -0.3 is 16.2 Å². The monoisotopic (exact) mass is 483 g/mol. The summed E-state index contributed by atoms with van der Waals surface area (Å²) in [5.41, 5.74) is 9.36. The highest BCUT2D eigenvalue weighted by molar-refractivity contribution is 7.13. The van der Waals surface area contributed by atoms with Crippen molar-refractivity contribution in [2.75, 3.05) is 16.4 Å². The molecule has 33 heavy (non-hydrogen) atoms. The number of carbonyl (C=O) groups excluding carboxylic acids is 1. The Bertz CT molecular complexity index is 1340. The van der Waals surface area contributed by atoms with E-state index in [4.69, 9.17) is 17.3 Å². The van der Waals surface area contributed by atoms with Gasteiger partial charge in [-0.3, -0.25) is 10.1 Å². The van der Waals surface area contributed by atoms with Gasteiger partial charge >= 0.3 is 0 Å². The number of hydrogen-bond acceptors (Lipinski definition) is 7. The van der Waals surface area contributed by atoms with Crippen LogP contribution in [-0.4, -0.2) is 21.0 Å². The average Bonchev–Trinajstić information content (AvgIpc) is 3.20. The number of aromatic hydroxyl groups is 1. The van der Waals surface area contributed by atoms with E-state index in [1.54, 1.807) is 36.4 Å². The van der Waals surface area contributed by atoms with E-state index in [9.17, 15) is 14.3 Å². The predicted molar refractivity (Wildman–Crippen MR) is 130 cm³/mol. The highest BCUT2D eigenvalue weighted by atomic mass is 35.5. The number of phenolic OH excluding ortho intramolecular Hbond substituents is 1. The van der Waals surface area contributed by atoms with Gasteiger partial charge in [0.2, 0.25) is 0 Å². The Kier molecular flexibility index (Phi) is 6.43. The maximum absolute atomic E-state index is 13.4. The van der Waals surface area contributed by atoms with E-state index in [1.165, 1.54) is 23.5 Å². The van der Waals surface area contributed by atoms with Gasteiger partial charge in [0.15, 0.2) is 5.13 Å². The van der Waals surface area contributed by atoms with Gasteiger partial charge in [0.1, 0.15) is 18.2 Å². The van der Waals surface area contributed by atoms with Crippen LogP contribution < -0.4 is 16.4 Å². The first-order chi connectivity index (χ1) is 15.8. The van der Waals surface area contributed by atoms with E-state index in [0.717, 1.165) is 5.69 Å². The zero-order chi connectivity index (χ0) is 23.5. The fourth-order valence-corrected chi connectivity index (χ4v) is 4.04. The summed E-state index contributed by atoms with van der Waals surface area (Å²) in [6, 6.07) is 12.8. The summed E-state index contributed by atoms with van der Waals surface area (Å²) in [6.07, 6.45) is 0. The van der Waals surface area contributed by atoms with Gasteiger partial charge in [-0.1, -0.05) is 11.6 Å². The molecule has 1 amide bonds. The molecule has 0 aliphatic carbocycles. The number of alkyl halides is 1. The van der Waals surface area contributed by atoms with Crippen LogP contribution in [0.5, 0.6) is 5.75 Å². The van der Waals surface area contributed by atoms with Crippen LogP contribution in [0.4, 0.5) is 26.7 Å². The minimum Gasteiger partial charge on any atom is -0.507 e. The van der Waals surface area contributed by atoms with Gasteiger partial charge in [-0.2, -0.15) is 0 Å². The smallest absolute Gasteiger partial charge is 0.261 e. The summed E-state index contributed by atoms with van der Waals surface area (Å²) >= 11 is 7.25. The van der Waals surface area contributed by atoms with E-state index in [0.29, 0.717) is 38.3 Å². The van der Waals surface area contributed by atoms with Crippen LogP contribution >= 0.6 is 22.9 Å². The normalized spacial score (nSPS) is 10.8. The van der Waals surface area contributed by atoms with Crippen LogP contribution in [0, 0.1) is 6.92 Å². The lowest BCUT2D eigenvalue weighted by Gasteiger charge is -2.13. The lowest BCUT2D eigenvalue weighted by molar-refractivity contribution is 0.102. The Balaban J connectivity index is 1.60. The number of pyridine rings is 1. The number of aromatic nitrogens is 2. The lowest BCUT2D eigenvalue weighted by atomic mass is 10.1. The maximum Gasteiger partial charge on any atom is 0.261 e. The summed E-state index contributed by atoms with van der Waals surface area (Å²) in [7, 11) is 0. The number of nitrogens with two attached hydrogens (primary N) is 1. The molecule has 5 N–H and O–H groups in total. The van der Waals surface area contributed by atoms with Crippen molar-refractivity contribution in [2.45, 2.75) is 13.6 Å². The number of rotatable bonds is 6. The van der Waals surface area contributed by atoms with Crippen LogP contribution in [0.15, 0.2) is 53.9 Å². The predicted octanol–water partition coefficient (Wildman–Crippen LogP) is 5.92. The number of anilines is 4. The summed E-state index contributed by atoms with van der Waals surface area (Å²) in [4.78, 5) is 21.0. The molecule has 2 heterocycles. The summed E-state index contributed by atoms with van der Waals surface area (Å²) < 4.78 is 13.4. The van der Waals surface area contributed by atoms with Crippen molar-refractivity contribution in [1.29, 1.82) is 0 Å². The van der Waals surface area contributed by atoms with Gasteiger partial charge in [-0.25, -0.2) is 14.4 Å². The Morgan fingerprint density at radius 1 is 1.18 bits per heavy atom. The Morgan fingerprint density at radius 2 is 2.00 bits per heavy atom. The molecule has 0 bridgehead atoms. The third-order valence-electron chi connectivity index (χ3n) is 4.77. The molecule has 0 saturated heterocycles. The third-order valence-corrected chi connectivity index (χ3v) is 5.88. The number of phenols is 1. The van der Waals surface area contributed by atoms with Gasteiger partial charge in [-0.15, -0.1) is 11.3 Å². The number of thiazole rings is 1. The summed E-state index contributed by atoms with van der Waals surface area (Å²) in [5, 5.41) is 18.9. The number of nitrogens with one attached hydrogen (secondary N) is 2. The molecule has 0 spiro atoms. The van der Waals surface area contributed by atoms with Crippen molar-refractivity contribution < 1.29 is 14.3 Å². The van der Waals surface area contributed by atoms with E-state index in [1.807, 2.05) is 12.3 Å². The minimum atomic E-state index is -0.685. The molecule has 10 heteroatoms. The Hall–Kier alpha value is -3.69. The average molecular weight is 484 g/mol. The molecule has 4 aromatic rings. The van der Waals surface area contributed by atoms with E-state index >= 15 is 0 Å². The SMILES string of the molecule is Cc1csc(NC(=O)c2ccc(-c3cc(Nc4ccc(Cl)cc4CF)ccc3O)nc2N)n1. The first kappa shape index (κ1) is 22.5. The molecule has 0 aliphatic heterocycles. The largest absolute Gasteiger partial charge is 0.507 e. The number of amides is 1. The van der Waals surface area contributed by atoms with E-state index < -0.39 is 12.6 Å². The van der Waals surface area contributed by atoms with Gasteiger partial charge in [0.25, 0.3) is 5.91 Å². The fraction of sp³-hybridized carbons (Fsp3) is 0.0870. The van der Waals surface area contributed by atoms with Gasteiger partial charge in [-0.05, 0) is 55.5 Å². The molecule has 0 unspecified atom stereocenters. The van der Waals surface area contributed by atoms with Crippen LogP contribution in [0.2, 0.25) is 5.02 Å². The molecule has 2 aromatic heterocycles. The molecule has 0 saturated carbocycles. The number of carbonyl (C=O) groups is 1. The number of nitrogen functional groups attached to an aromatic ring is 1. The molecule has 7 nitrogen and oxygen atoms in total. The van der Waals surface area contributed by atoms with Crippen LogP contribution in [0.25, 0.3) is 11.3 Å². The Morgan fingerprint density at radius 3 is 2.70 bits per heavy atom. The molecular formula is C23H19ClFN5O2S. The van der Waals surface area contributed by atoms with E-state index in [-0.39, 0.29) is 17.1 Å². The summed E-state index contributed by atoms with van der Waals surface area (Å²) in [5.74, 6) is -0.444. The molecule has 0 fully saturated rings. The molecule has 4 rings (SSSR count). The maximum atomic E-state index is 13.4. The van der Waals surface area contributed by atoms with Crippen molar-refractivity contribution in [1.82, 2.24) is 9.97 Å². The number of benzene rings is 2. The van der Waals surface area contributed by atoms with Crippen molar-refractivity contribution in [2.24, 2.45) is 0 Å². The first-order valence-electron chi connectivity index (χ1n) is 9.79. The molecule has 0 radical (unpaired) electrons. The molecule has 0 aliphatic rings. The fourth-order valence-electron chi connectivity index (χ4n) is 3.16. The topological polar surface area (TPSA) is 113 Å². The molecule has 0 atom stereocenters. The van der Waals surface area contributed by atoms with Crippen molar-refractivity contribution in [3.05, 3.63) is 75.8 Å². The van der Waals surface area contributed by atoms with Crippen molar-refractivity contribution in [3.8, 4) is 17.0 Å². The third kappa shape index (κ3) is 5.05. The quantitative estimate of drug-likeness (QED) is 0.253. The Labute approximate surface area is 198 Å². The van der Waals surface area contributed by atoms with Crippen LogP contribution in [0.3, 0.4) is 0 Å². The second-order valence-electron chi connectivity index (χ2n) is 7.17. The number of halogens is 2. The minimum absolute atomic E-state index is 0.00783. The molecular weight excluding hydrogens is 465 g/mol. The number of hydrogen-bond donors (Lipinski definition) is 4. The standard InChI is InChI=1S/C23H19ClFN5O2S/c1-12-11-33-23(27-12)30-22(32)16-4-6-19(29-21(16)26)17-9-15(3-7-20(17)31)28-18-5-2-14(24)8-13(18)10-25/h2-9,11,28,31H,10H2,1H3,(H2,26,29)(H,27,30,32). The van der Waals surface area contributed by atoms with Crippen LogP contribution in [-0.2, 0) is 6.67 Å². The lowest BCUT2D eigenvalue weighted by Crippen LogP contribution is -2.15. The van der Waals surface area contributed by atoms with Gasteiger partial charge in [0, 0.05) is 32.9 Å². The highest BCUT2D eigenvalue weighted by Gasteiger charge is 2.16. The zero-order valence-electron chi connectivity index (χ0n) is 17.4. The van der Waals surface area contributed by atoms with E-state index in [2.05, 4.69) is 20.6 Å². The van der Waals surface area contributed by atoms with Gasteiger partial charge in [0.05, 0.1) is 17.0 Å². The van der Waals surface area contributed by atoms with Crippen LogP contribution in [0.1, 0.15) is 21.6 Å².